The smallest absolute Gasteiger partial charge is 0.330 e. The van der Waals surface area contributed by atoms with Crippen LogP contribution in [-0.2, 0) is 13.1 Å². The van der Waals surface area contributed by atoms with Crippen LogP contribution in [0.5, 0.6) is 0 Å². The Morgan fingerprint density at radius 3 is 2.89 bits per heavy atom. The first-order chi connectivity index (χ1) is 8.63. The minimum absolute atomic E-state index is 0.168. The maximum absolute atomic E-state index is 11.7. The first kappa shape index (κ1) is 12.4. The van der Waals surface area contributed by atoms with Crippen LogP contribution >= 0.6 is 11.3 Å². The van der Waals surface area contributed by atoms with Crippen LogP contribution in [-0.4, -0.2) is 9.55 Å². The van der Waals surface area contributed by atoms with Gasteiger partial charge in [-0.05, 0) is 29.3 Å². The summed E-state index contributed by atoms with van der Waals surface area (Å²) in [6.07, 6.45) is 0. The van der Waals surface area contributed by atoms with Crippen molar-refractivity contribution in [3.63, 3.8) is 0 Å². The van der Waals surface area contributed by atoms with Crippen molar-refractivity contribution in [2.45, 2.75) is 20.0 Å². The second-order valence-electron chi connectivity index (χ2n) is 3.75. The normalized spacial score (nSPS) is 10.5. The number of rotatable bonds is 4. The summed E-state index contributed by atoms with van der Waals surface area (Å²) in [7, 11) is 0. The second-order valence-corrected chi connectivity index (χ2v) is 4.53. The summed E-state index contributed by atoms with van der Waals surface area (Å²) >= 11 is 1.58. The van der Waals surface area contributed by atoms with Crippen molar-refractivity contribution in [3.05, 3.63) is 43.2 Å². The molecule has 0 aliphatic carbocycles. The molecule has 7 heteroatoms. The molecule has 18 heavy (non-hydrogen) atoms. The van der Waals surface area contributed by atoms with E-state index in [2.05, 4.69) is 10.3 Å². The van der Waals surface area contributed by atoms with Gasteiger partial charge >= 0.3 is 5.69 Å². The van der Waals surface area contributed by atoms with Crippen molar-refractivity contribution < 1.29 is 0 Å². The van der Waals surface area contributed by atoms with E-state index >= 15 is 0 Å². The molecule has 0 atom stereocenters. The van der Waals surface area contributed by atoms with Gasteiger partial charge in [0.1, 0.15) is 11.5 Å². The van der Waals surface area contributed by atoms with Crippen LogP contribution in [0.15, 0.2) is 26.4 Å². The number of aromatic nitrogens is 2. The third-order valence-electron chi connectivity index (χ3n) is 2.61. The summed E-state index contributed by atoms with van der Waals surface area (Å²) in [5.41, 5.74) is 6.15. The summed E-state index contributed by atoms with van der Waals surface area (Å²) in [6.45, 7) is 2.70. The quantitative estimate of drug-likeness (QED) is 0.763. The Morgan fingerprint density at radius 2 is 2.28 bits per heavy atom. The molecule has 96 valence electrons. The molecule has 2 aromatic rings. The van der Waals surface area contributed by atoms with E-state index < -0.39 is 11.2 Å². The minimum atomic E-state index is -0.488. The van der Waals surface area contributed by atoms with Crippen LogP contribution < -0.4 is 22.3 Å². The molecule has 0 saturated heterocycles. The molecular formula is C11H14N4O2S. The predicted molar refractivity (Wildman–Crippen MR) is 73.1 cm³/mol. The van der Waals surface area contributed by atoms with Crippen LogP contribution in [0.2, 0.25) is 0 Å². The van der Waals surface area contributed by atoms with Crippen LogP contribution in [0.3, 0.4) is 0 Å². The van der Waals surface area contributed by atoms with E-state index in [1.807, 2.05) is 16.8 Å². The van der Waals surface area contributed by atoms with Gasteiger partial charge in [-0.3, -0.25) is 14.3 Å². The van der Waals surface area contributed by atoms with Gasteiger partial charge in [-0.15, -0.1) is 0 Å². The molecule has 2 heterocycles. The number of nitrogens with zero attached hydrogens (tertiary/aromatic N) is 1. The van der Waals surface area contributed by atoms with Gasteiger partial charge in [0.15, 0.2) is 0 Å². The van der Waals surface area contributed by atoms with E-state index in [-0.39, 0.29) is 11.5 Å². The zero-order valence-electron chi connectivity index (χ0n) is 9.90. The molecule has 0 bridgehead atoms. The van der Waals surface area contributed by atoms with E-state index in [4.69, 9.17) is 5.73 Å². The number of hydrogen-bond donors (Lipinski definition) is 3. The van der Waals surface area contributed by atoms with Crippen LogP contribution in [0, 0.1) is 0 Å². The molecule has 0 spiro atoms. The molecule has 0 radical (unpaired) electrons. The fourth-order valence-electron chi connectivity index (χ4n) is 1.66. The summed E-state index contributed by atoms with van der Waals surface area (Å²) in [4.78, 5) is 25.4. The van der Waals surface area contributed by atoms with Crippen LogP contribution in [0.1, 0.15) is 12.5 Å². The van der Waals surface area contributed by atoms with Crippen LogP contribution in [0.25, 0.3) is 0 Å². The number of H-pyrrole nitrogens is 1. The number of thiophene rings is 1. The molecule has 0 amide bonds. The molecular weight excluding hydrogens is 252 g/mol. The third kappa shape index (κ3) is 2.30. The van der Waals surface area contributed by atoms with Gasteiger partial charge in [-0.1, -0.05) is 0 Å². The highest BCUT2D eigenvalue weighted by Gasteiger charge is 2.10. The van der Waals surface area contributed by atoms with Crippen molar-refractivity contribution in [2.24, 2.45) is 0 Å². The predicted octanol–water partition coefficient (Wildman–Crippen LogP) is 0.812. The number of nitrogens with two attached hydrogens (primary N) is 1. The molecule has 0 aliphatic rings. The Kier molecular flexibility index (Phi) is 3.52. The highest BCUT2D eigenvalue weighted by molar-refractivity contribution is 7.07. The maximum atomic E-state index is 11.7. The Labute approximate surface area is 107 Å². The lowest BCUT2D eigenvalue weighted by Gasteiger charge is -2.11. The first-order valence-corrected chi connectivity index (χ1v) is 6.45. The van der Waals surface area contributed by atoms with Gasteiger partial charge in [-0.25, -0.2) is 4.79 Å². The monoisotopic (exact) mass is 266 g/mol. The number of hydrogen-bond acceptors (Lipinski definition) is 5. The molecule has 0 saturated carbocycles. The zero-order valence-corrected chi connectivity index (χ0v) is 10.7. The zero-order chi connectivity index (χ0) is 13.1. The van der Waals surface area contributed by atoms with Gasteiger partial charge < -0.3 is 11.1 Å². The Morgan fingerprint density at radius 1 is 1.50 bits per heavy atom. The number of aromatic amines is 1. The number of nitrogen functional groups attached to an aromatic ring is 1. The van der Waals surface area contributed by atoms with Crippen molar-refractivity contribution in [1.82, 2.24) is 9.55 Å². The third-order valence-corrected chi connectivity index (χ3v) is 3.34. The fourth-order valence-corrected chi connectivity index (χ4v) is 2.32. The topological polar surface area (TPSA) is 92.9 Å². The molecule has 0 unspecified atom stereocenters. The van der Waals surface area contributed by atoms with E-state index in [1.54, 1.807) is 18.3 Å². The number of nitrogens with one attached hydrogen (secondary N) is 2. The lowest BCUT2D eigenvalue weighted by molar-refractivity contribution is 0.706. The summed E-state index contributed by atoms with van der Waals surface area (Å²) in [5, 5.41) is 6.90. The fraction of sp³-hybridized carbons (Fsp3) is 0.273. The van der Waals surface area contributed by atoms with Crippen molar-refractivity contribution in [2.75, 3.05) is 11.1 Å². The van der Waals surface area contributed by atoms with Crippen molar-refractivity contribution >= 4 is 22.8 Å². The van der Waals surface area contributed by atoms with E-state index in [1.165, 1.54) is 4.57 Å². The molecule has 0 aromatic carbocycles. The van der Waals surface area contributed by atoms with E-state index in [9.17, 15) is 9.59 Å². The Balaban J connectivity index is 2.33. The highest BCUT2D eigenvalue weighted by Crippen LogP contribution is 2.13. The molecule has 2 rings (SSSR count). The standard InChI is InChI=1S/C11H14N4O2S/c1-2-15-9(12)8(10(16)14-11(15)17)13-5-7-3-4-18-6-7/h3-4,6,13H,2,5,12H2,1H3,(H,14,16,17). The second kappa shape index (κ2) is 5.09. The SMILES string of the molecule is CCn1c(N)c(NCc2ccsc2)c(=O)[nH]c1=O. The largest absolute Gasteiger partial charge is 0.383 e. The summed E-state index contributed by atoms with van der Waals surface area (Å²) in [6, 6.07) is 1.96. The average molecular weight is 266 g/mol. The summed E-state index contributed by atoms with van der Waals surface area (Å²) < 4.78 is 1.32. The Hall–Kier alpha value is -2.02. The number of anilines is 2. The van der Waals surface area contributed by atoms with Gasteiger partial charge in [0.25, 0.3) is 5.56 Å². The van der Waals surface area contributed by atoms with Gasteiger partial charge in [0.05, 0.1) is 0 Å². The average Bonchev–Trinajstić information content (AvgIpc) is 2.81. The molecule has 0 aliphatic heterocycles. The Bertz CT molecular complexity index is 642. The lowest BCUT2D eigenvalue weighted by atomic mass is 10.3. The minimum Gasteiger partial charge on any atom is -0.383 e. The lowest BCUT2D eigenvalue weighted by Crippen LogP contribution is -2.33. The van der Waals surface area contributed by atoms with Gasteiger partial charge in [-0.2, -0.15) is 11.3 Å². The van der Waals surface area contributed by atoms with Crippen LogP contribution in [0.4, 0.5) is 11.5 Å². The molecule has 4 N–H and O–H groups in total. The molecule has 6 nitrogen and oxygen atoms in total. The van der Waals surface area contributed by atoms with E-state index in [0.717, 1.165) is 5.56 Å². The highest BCUT2D eigenvalue weighted by atomic mass is 32.1. The maximum Gasteiger partial charge on any atom is 0.330 e. The van der Waals surface area contributed by atoms with Crippen molar-refractivity contribution in [1.29, 1.82) is 0 Å². The molecule has 0 fully saturated rings. The summed E-state index contributed by atoms with van der Waals surface area (Å²) in [5.74, 6) is 0.168. The van der Waals surface area contributed by atoms with Gasteiger partial charge in [0, 0.05) is 13.1 Å². The van der Waals surface area contributed by atoms with E-state index in [0.29, 0.717) is 13.1 Å². The van der Waals surface area contributed by atoms with Crippen molar-refractivity contribution in [3.8, 4) is 0 Å². The molecule has 2 aromatic heterocycles. The van der Waals surface area contributed by atoms with Gasteiger partial charge in [0.2, 0.25) is 0 Å². The first-order valence-electron chi connectivity index (χ1n) is 5.51.